The van der Waals surface area contributed by atoms with Crippen molar-refractivity contribution in [2.24, 2.45) is 5.73 Å². The highest BCUT2D eigenvalue weighted by Gasteiger charge is 2.25. The lowest BCUT2D eigenvalue weighted by Gasteiger charge is -2.25. The third-order valence-corrected chi connectivity index (χ3v) is 5.07. The molecular weight excluding hydrogens is 280 g/mol. The molecule has 0 spiro atoms. The number of ether oxygens (including phenoxy) is 1. The number of rotatable bonds is 5. The average Bonchev–Trinajstić information content (AvgIpc) is 2.46. The van der Waals surface area contributed by atoms with Gasteiger partial charge in [0.25, 0.3) is 5.91 Å². The Bertz CT molecular complexity index is 563. The zero-order valence-electron chi connectivity index (χ0n) is 11.1. The molecule has 1 aliphatic rings. The predicted molar refractivity (Wildman–Crippen MR) is 73.7 cm³/mol. The number of carbonyl (C=O) groups is 1. The van der Waals surface area contributed by atoms with Gasteiger partial charge in [0, 0.05) is 13.1 Å². The fraction of sp³-hybridized carbons (Fsp3) is 0.462. The van der Waals surface area contributed by atoms with Gasteiger partial charge in [0.15, 0.2) is 6.61 Å². The summed E-state index contributed by atoms with van der Waals surface area (Å²) < 4.78 is 31.4. The number of benzene rings is 1. The molecule has 0 bridgehead atoms. The standard InChI is InChI=1S/C13H18N2O4S/c14-13(16)10-19-11-4-6-12(7-5-11)20(17,18)15-8-2-1-3-9-15/h4-7H,1-3,8-10H2,(H2,14,16). The Labute approximate surface area is 118 Å². The summed E-state index contributed by atoms with van der Waals surface area (Å²) in [4.78, 5) is 10.8. The van der Waals surface area contributed by atoms with Crippen LogP contribution in [-0.2, 0) is 14.8 Å². The van der Waals surface area contributed by atoms with Crippen molar-refractivity contribution in [2.75, 3.05) is 19.7 Å². The quantitative estimate of drug-likeness (QED) is 0.867. The van der Waals surface area contributed by atoms with E-state index in [2.05, 4.69) is 0 Å². The van der Waals surface area contributed by atoms with Gasteiger partial charge in [-0.15, -0.1) is 0 Å². The molecule has 1 saturated heterocycles. The Hall–Kier alpha value is -1.60. The minimum Gasteiger partial charge on any atom is -0.484 e. The molecule has 7 heteroatoms. The fourth-order valence-corrected chi connectivity index (χ4v) is 3.63. The van der Waals surface area contributed by atoms with E-state index in [1.165, 1.54) is 28.6 Å². The highest BCUT2D eigenvalue weighted by molar-refractivity contribution is 7.89. The van der Waals surface area contributed by atoms with E-state index in [-0.39, 0.29) is 11.5 Å². The van der Waals surface area contributed by atoms with Crippen molar-refractivity contribution in [3.8, 4) is 5.75 Å². The lowest BCUT2D eigenvalue weighted by atomic mass is 10.2. The van der Waals surface area contributed by atoms with Gasteiger partial charge in [-0.3, -0.25) is 4.79 Å². The van der Waals surface area contributed by atoms with Crippen LogP contribution in [0.5, 0.6) is 5.75 Å². The Morgan fingerprint density at radius 2 is 1.75 bits per heavy atom. The zero-order chi connectivity index (χ0) is 14.6. The second kappa shape index (κ2) is 6.23. The molecule has 0 saturated carbocycles. The number of piperidine rings is 1. The summed E-state index contributed by atoms with van der Waals surface area (Å²) in [6, 6.07) is 6.03. The molecular formula is C13H18N2O4S. The van der Waals surface area contributed by atoms with Crippen molar-refractivity contribution >= 4 is 15.9 Å². The Morgan fingerprint density at radius 1 is 1.15 bits per heavy atom. The highest BCUT2D eigenvalue weighted by atomic mass is 32.2. The summed E-state index contributed by atoms with van der Waals surface area (Å²) in [5.41, 5.74) is 4.97. The zero-order valence-corrected chi connectivity index (χ0v) is 11.9. The third-order valence-electron chi connectivity index (χ3n) is 3.16. The molecule has 2 rings (SSSR count). The Morgan fingerprint density at radius 3 is 2.30 bits per heavy atom. The number of nitrogens with two attached hydrogens (primary N) is 1. The van der Waals surface area contributed by atoms with Crippen LogP contribution in [0.3, 0.4) is 0 Å². The summed E-state index contributed by atoms with van der Waals surface area (Å²) in [6.45, 7) is 0.919. The number of primary amides is 1. The summed E-state index contributed by atoms with van der Waals surface area (Å²) in [5.74, 6) is -0.156. The maximum absolute atomic E-state index is 12.4. The van der Waals surface area contributed by atoms with Crippen LogP contribution in [0.15, 0.2) is 29.2 Å². The molecule has 20 heavy (non-hydrogen) atoms. The van der Waals surface area contributed by atoms with Crippen LogP contribution in [0, 0.1) is 0 Å². The van der Waals surface area contributed by atoms with Crippen LogP contribution in [0.2, 0.25) is 0 Å². The van der Waals surface area contributed by atoms with Gasteiger partial charge in [0.2, 0.25) is 10.0 Å². The molecule has 1 aromatic rings. The second-order valence-corrected chi connectivity index (χ2v) is 6.63. The number of amides is 1. The maximum atomic E-state index is 12.4. The molecule has 6 nitrogen and oxygen atoms in total. The van der Waals surface area contributed by atoms with Crippen molar-refractivity contribution in [2.45, 2.75) is 24.2 Å². The van der Waals surface area contributed by atoms with E-state index >= 15 is 0 Å². The minimum atomic E-state index is -3.42. The van der Waals surface area contributed by atoms with E-state index in [1.54, 1.807) is 0 Å². The molecule has 0 radical (unpaired) electrons. The van der Waals surface area contributed by atoms with Gasteiger partial charge < -0.3 is 10.5 Å². The van der Waals surface area contributed by atoms with E-state index in [1.807, 2.05) is 0 Å². The topological polar surface area (TPSA) is 89.7 Å². The van der Waals surface area contributed by atoms with Crippen LogP contribution in [0.25, 0.3) is 0 Å². The molecule has 1 amide bonds. The number of sulfonamides is 1. The maximum Gasteiger partial charge on any atom is 0.255 e. The summed E-state index contributed by atoms with van der Waals surface area (Å²) in [5, 5.41) is 0. The minimum absolute atomic E-state index is 0.224. The normalized spacial score (nSPS) is 16.8. The first-order chi connectivity index (χ1) is 9.50. The summed E-state index contributed by atoms with van der Waals surface area (Å²) in [6.07, 6.45) is 2.88. The van der Waals surface area contributed by atoms with Gasteiger partial charge >= 0.3 is 0 Å². The van der Waals surface area contributed by atoms with Crippen LogP contribution in [-0.4, -0.2) is 38.3 Å². The molecule has 0 aliphatic carbocycles. The largest absolute Gasteiger partial charge is 0.484 e. The number of hydrogen-bond acceptors (Lipinski definition) is 4. The lowest BCUT2D eigenvalue weighted by Crippen LogP contribution is -2.35. The monoisotopic (exact) mass is 298 g/mol. The first-order valence-electron chi connectivity index (χ1n) is 6.51. The van der Waals surface area contributed by atoms with Gasteiger partial charge in [-0.2, -0.15) is 4.31 Å². The molecule has 0 atom stereocenters. The molecule has 1 aromatic carbocycles. The van der Waals surface area contributed by atoms with E-state index < -0.39 is 15.9 Å². The van der Waals surface area contributed by atoms with Gasteiger partial charge in [-0.05, 0) is 37.1 Å². The molecule has 0 aromatic heterocycles. The first kappa shape index (κ1) is 14.8. The molecule has 2 N–H and O–H groups in total. The second-order valence-electron chi connectivity index (χ2n) is 4.69. The van der Waals surface area contributed by atoms with Crippen molar-refractivity contribution in [3.63, 3.8) is 0 Å². The lowest BCUT2D eigenvalue weighted by molar-refractivity contribution is -0.119. The SMILES string of the molecule is NC(=O)COc1ccc(S(=O)(=O)N2CCCCC2)cc1. The van der Waals surface area contributed by atoms with Crippen molar-refractivity contribution in [1.82, 2.24) is 4.31 Å². The van der Waals surface area contributed by atoms with Gasteiger partial charge in [0.05, 0.1) is 4.90 Å². The van der Waals surface area contributed by atoms with Crippen LogP contribution in [0.1, 0.15) is 19.3 Å². The predicted octanol–water partition coefficient (Wildman–Crippen LogP) is 0.725. The van der Waals surface area contributed by atoms with Crippen LogP contribution in [0.4, 0.5) is 0 Å². The van der Waals surface area contributed by atoms with Gasteiger partial charge in [0.1, 0.15) is 5.75 Å². The van der Waals surface area contributed by atoms with Gasteiger partial charge in [-0.1, -0.05) is 6.42 Å². The van der Waals surface area contributed by atoms with E-state index in [0.717, 1.165) is 19.3 Å². The highest BCUT2D eigenvalue weighted by Crippen LogP contribution is 2.22. The molecule has 0 unspecified atom stereocenters. The van der Waals surface area contributed by atoms with E-state index in [4.69, 9.17) is 10.5 Å². The third kappa shape index (κ3) is 3.49. The van der Waals surface area contributed by atoms with Gasteiger partial charge in [-0.25, -0.2) is 8.42 Å². The van der Waals surface area contributed by atoms with Crippen LogP contribution >= 0.6 is 0 Å². The van der Waals surface area contributed by atoms with Crippen molar-refractivity contribution in [3.05, 3.63) is 24.3 Å². The smallest absolute Gasteiger partial charge is 0.255 e. The number of carbonyl (C=O) groups excluding carboxylic acids is 1. The van der Waals surface area contributed by atoms with E-state index in [9.17, 15) is 13.2 Å². The number of nitrogens with zero attached hydrogens (tertiary/aromatic N) is 1. The van der Waals surface area contributed by atoms with E-state index in [0.29, 0.717) is 18.8 Å². The first-order valence-corrected chi connectivity index (χ1v) is 7.95. The number of hydrogen-bond donors (Lipinski definition) is 1. The Kier molecular flexibility index (Phi) is 4.61. The summed E-state index contributed by atoms with van der Waals surface area (Å²) >= 11 is 0. The summed E-state index contributed by atoms with van der Waals surface area (Å²) in [7, 11) is -3.42. The molecule has 1 heterocycles. The average molecular weight is 298 g/mol. The fourth-order valence-electron chi connectivity index (χ4n) is 2.12. The molecule has 1 aliphatic heterocycles. The van der Waals surface area contributed by atoms with Crippen molar-refractivity contribution < 1.29 is 17.9 Å². The Balaban J connectivity index is 2.10. The molecule has 110 valence electrons. The van der Waals surface area contributed by atoms with Crippen LogP contribution < -0.4 is 10.5 Å². The van der Waals surface area contributed by atoms with Crippen molar-refractivity contribution in [1.29, 1.82) is 0 Å². The molecule has 1 fully saturated rings.